The summed E-state index contributed by atoms with van der Waals surface area (Å²) in [5.74, 6) is 0. The van der Waals surface area contributed by atoms with Crippen molar-refractivity contribution in [2.45, 2.75) is 58.0 Å². The zero-order chi connectivity index (χ0) is 15.9. The summed E-state index contributed by atoms with van der Waals surface area (Å²) >= 11 is 6.00. The first kappa shape index (κ1) is 18.5. The van der Waals surface area contributed by atoms with Crippen LogP contribution in [-0.4, -0.2) is 37.1 Å². The topological polar surface area (TPSA) is 15.3 Å². The average Bonchev–Trinajstić information content (AvgIpc) is 2.48. The lowest BCUT2D eigenvalue weighted by atomic mass is 9.80. The van der Waals surface area contributed by atoms with Gasteiger partial charge in [0.1, 0.15) is 0 Å². The van der Waals surface area contributed by atoms with Crippen LogP contribution in [0, 0.1) is 0 Å². The van der Waals surface area contributed by atoms with Gasteiger partial charge in [0, 0.05) is 16.6 Å². The molecular weight excluding hydrogens is 280 g/mol. The van der Waals surface area contributed by atoms with Crippen molar-refractivity contribution in [3.05, 3.63) is 34.9 Å². The van der Waals surface area contributed by atoms with E-state index in [9.17, 15) is 0 Å². The molecule has 1 unspecified atom stereocenters. The van der Waals surface area contributed by atoms with Gasteiger partial charge in [-0.2, -0.15) is 0 Å². The van der Waals surface area contributed by atoms with Gasteiger partial charge in [-0.05, 0) is 64.0 Å². The van der Waals surface area contributed by atoms with Gasteiger partial charge in [-0.3, -0.25) is 0 Å². The molecule has 0 saturated carbocycles. The van der Waals surface area contributed by atoms with Crippen LogP contribution in [0.15, 0.2) is 24.3 Å². The van der Waals surface area contributed by atoms with Crippen molar-refractivity contribution in [3.63, 3.8) is 0 Å². The Kier molecular flexibility index (Phi) is 7.72. The molecule has 1 rings (SSSR count). The molecule has 0 amide bonds. The van der Waals surface area contributed by atoms with Gasteiger partial charge in [0.15, 0.2) is 0 Å². The van der Waals surface area contributed by atoms with Crippen molar-refractivity contribution in [2.75, 3.05) is 20.6 Å². The lowest BCUT2D eigenvalue weighted by molar-refractivity contribution is 0.0881. The van der Waals surface area contributed by atoms with Crippen molar-refractivity contribution < 1.29 is 0 Å². The van der Waals surface area contributed by atoms with Gasteiger partial charge < -0.3 is 10.2 Å². The quantitative estimate of drug-likeness (QED) is 0.728. The molecule has 0 aliphatic rings. The van der Waals surface area contributed by atoms with E-state index in [0.717, 1.165) is 37.3 Å². The summed E-state index contributed by atoms with van der Waals surface area (Å²) in [4.78, 5) is 2.40. The number of halogens is 1. The Labute approximate surface area is 135 Å². The molecule has 0 spiro atoms. The van der Waals surface area contributed by atoms with Gasteiger partial charge >= 0.3 is 0 Å². The molecule has 0 bridgehead atoms. The molecule has 3 heteroatoms. The second-order valence-electron chi connectivity index (χ2n) is 6.04. The molecule has 21 heavy (non-hydrogen) atoms. The average molecular weight is 311 g/mol. The largest absolute Gasteiger partial charge is 0.312 e. The Bertz CT molecular complexity index is 396. The predicted octanol–water partition coefficient (Wildman–Crippen LogP) is 4.37. The number of likely N-dealkylation sites (N-methyl/N-ethyl adjacent to an activating group) is 1. The van der Waals surface area contributed by atoms with Crippen LogP contribution in [0.25, 0.3) is 0 Å². The first-order valence-corrected chi connectivity index (χ1v) is 8.53. The van der Waals surface area contributed by atoms with Gasteiger partial charge in [-0.15, -0.1) is 0 Å². The minimum Gasteiger partial charge on any atom is -0.312 e. The van der Waals surface area contributed by atoms with E-state index < -0.39 is 0 Å². The van der Waals surface area contributed by atoms with Crippen LogP contribution in [0.1, 0.15) is 45.6 Å². The summed E-state index contributed by atoms with van der Waals surface area (Å²) in [6.45, 7) is 7.88. The standard InChI is InChI=1S/C18H31ClN2/c1-6-13-20-17(18(7-2,8-3)21(4)5)14-15-9-11-16(19)12-10-15/h9-12,17,20H,6-8,13-14H2,1-5H3. The van der Waals surface area contributed by atoms with Gasteiger partial charge in [0.2, 0.25) is 0 Å². The fourth-order valence-electron chi connectivity index (χ4n) is 3.31. The molecule has 2 nitrogen and oxygen atoms in total. The third kappa shape index (κ3) is 4.70. The fraction of sp³-hybridized carbons (Fsp3) is 0.667. The zero-order valence-corrected chi connectivity index (χ0v) is 15.0. The molecule has 0 aromatic heterocycles. The highest BCUT2D eigenvalue weighted by atomic mass is 35.5. The Balaban J connectivity index is 2.99. The Hall–Kier alpha value is -0.570. The molecule has 120 valence electrons. The number of benzene rings is 1. The highest BCUT2D eigenvalue weighted by Gasteiger charge is 2.37. The molecule has 0 fully saturated rings. The molecule has 1 aromatic rings. The molecule has 0 saturated heterocycles. The lowest BCUT2D eigenvalue weighted by Gasteiger charge is -2.46. The second kappa shape index (κ2) is 8.77. The molecule has 0 radical (unpaired) electrons. The first-order valence-electron chi connectivity index (χ1n) is 8.15. The highest BCUT2D eigenvalue weighted by molar-refractivity contribution is 6.30. The minimum atomic E-state index is 0.189. The molecular formula is C18H31ClN2. The Morgan fingerprint density at radius 3 is 2.10 bits per heavy atom. The van der Waals surface area contributed by atoms with Gasteiger partial charge in [-0.25, -0.2) is 0 Å². The fourth-order valence-corrected chi connectivity index (χ4v) is 3.44. The Morgan fingerprint density at radius 1 is 1.10 bits per heavy atom. The lowest BCUT2D eigenvalue weighted by Crippen LogP contribution is -2.59. The highest BCUT2D eigenvalue weighted by Crippen LogP contribution is 2.28. The number of hydrogen-bond acceptors (Lipinski definition) is 2. The van der Waals surface area contributed by atoms with E-state index in [1.165, 1.54) is 5.56 Å². The summed E-state index contributed by atoms with van der Waals surface area (Å²) in [6.07, 6.45) is 4.49. The van der Waals surface area contributed by atoms with E-state index in [1.54, 1.807) is 0 Å². The van der Waals surface area contributed by atoms with E-state index in [4.69, 9.17) is 11.6 Å². The zero-order valence-electron chi connectivity index (χ0n) is 14.2. The van der Waals surface area contributed by atoms with Crippen LogP contribution in [0.3, 0.4) is 0 Å². The SMILES string of the molecule is CCCNC(Cc1ccc(Cl)cc1)C(CC)(CC)N(C)C. The van der Waals surface area contributed by atoms with Crippen molar-refractivity contribution >= 4 is 11.6 Å². The maximum atomic E-state index is 6.00. The number of nitrogens with zero attached hydrogens (tertiary/aromatic N) is 1. The van der Waals surface area contributed by atoms with Crippen LogP contribution in [-0.2, 0) is 6.42 Å². The monoisotopic (exact) mass is 310 g/mol. The van der Waals surface area contributed by atoms with Gasteiger partial charge in [0.05, 0.1) is 0 Å². The maximum Gasteiger partial charge on any atom is 0.0406 e. The van der Waals surface area contributed by atoms with Crippen LogP contribution in [0.2, 0.25) is 5.02 Å². The third-order valence-electron chi connectivity index (χ3n) is 4.76. The molecule has 1 N–H and O–H groups in total. The first-order chi connectivity index (χ1) is 10.00. The smallest absolute Gasteiger partial charge is 0.0406 e. The summed E-state index contributed by atoms with van der Waals surface area (Å²) in [5.41, 5.74) is 1.54. The van der Waals surface area contributed by atoms with Crippen LogP contribution in [0.4, 0.5) is 0 Å². The maximum absolute atomic E-state index is 6.00. The molecule has 0 aliphatic carbocycles. The van der Waals surface area contributed by atoms with Crippen molar-refractivity contribution in [2.24, 2.45) is 0 Å². The second-order valence-corrected chi connectivity index (χ2v) is 6.48. The van der Waals surface area contributed by atoms with Crippen molar-refractivity contribution in [1.29, 1.82) is 0 Å². The minimum absolute atomic E-state index is 0.189. The van der Waals surface area contributed by atoms with Crippen LogP contribution >= 0.6 is 11.6 Å². The third-order valence-corrected chi connectivity index (χ3v) is 5.01. The molecule has 0 heterocycles. The molecule has 1 atom stereocenters. The number of rotatable bonds is 9. The summed E-state index contributed by atoms with van der Waals surface area (Å²) in [5, 5.41) is 4.59. The van der Waals surface area contributed by atoms with Gasteiger partial charge in [-0.1, -0.05) is 44.5 Å². The van der Waals surface area contributed by atoms with Crippen LogP contribution in [0.5, 0.6) is 0 Å². The normalized spacial score (nSPS) is 13.7. The van der Waals surface area contributed by atoms with E-state index in [-0.39, 0.29) is 5.54 Å². The number of nitrogens with one attached hydrogen (secondary N) is 1. The molecule has 0 aliphatic heterocycles. The van der Waals surface area contributed by atoms with Crippen molar-refractivity contribution in [1.82, 2.24) is 10.2 Å². The van der Waals surface area contributed by atoms with E-state index in [1.807, 2.05) is 12.1 Å². The van der Waals surface area contributed by atoms with Crippen molar-refractivity contribution in [3.8, 4) is 0 Å². The Morgan fingerprint density at radius 2 is 1.67 bits per heavy atom. The predicted molar refractivity (Wildman–Crippen MR) is 94.2 cm³/mol. The van der Waals surface area contributed by atoms with Gasteiger partial charge in [0.25, 0.3) is 0 Å². The van der Waals surface area contributed by atoms with E-state index in [0.29, 0.717) is 6.04 Å². The summed E-state index contributed by atoms with van der Waals surface area (Å²) in [7, 11) is 4.41. The summed E-state index contributed by atoms with van der Waals surface area (Å²) in [6, 6.07) is 8.72. The van der Waals surface area contributed by atoms with Crippen LogP contribution < -0.4 is 5.32 Å². The summed E-state index contributed by atoms with van der Waals surface area (Å²) < 4.78 is 0. The number of hydrogen-bond donors (Lipinski definition) is 1. The van der Waals surface area contributed by atoms with E-state index >= 15 is 0 Å². The van der Waals surface area contributed by atoms with E-state index in [2.05, 4.69) is 57.2 Å². The molecule has 1 aromatic carbocycles.